The van der Waals surface area contributed by atoms with Gasteiger partial charge in [-0.25, -0.2) is 0 Å². The lowest BCUT2D eigenvalue weighted by atomic mass is 9.49. The molecule has 7 nitrogen and oxygen atoms in total. The molecule has 6 rings (SSSR count). The minimum atomic E-state index is -1.21. The van der Waals surface area contributed by atoms with E-state index in [-0.39, 0.29) is 24.4 Å². The Morgan fingerprint density at radius 3 is 2.42 bits per heavy atom. The van der Waals surface area contributed by atoms with Crippen LogP contribution >= 0.6 is 0 Å². The highest BCUT2D eigenvalue weighted by Crippen LogP contribution is 2.68. The van der Waals surface area contributed by atoms with Gasteiger partial charge >= 0.3 is 0 Å². The maximum absolute atomic E-state index is 12.2. The Labute approximate surface area is 226 Å². The minimum Gasteiger partial charge on any atom is -0.388 e. The molecule has 4 fully saturated rings. The van der Waals surface area contributed by atoms with Crippen LogP contribution in [0.5, 0.6) is 0 Å². The van der Waals surface area contributed by atoms with Crippen LogP contribution in [0.25, 0.3) is 0 Å². The van der Waals surface area contributed by atoms with E-state index in [0.29, 0.717) is 32.5 Å². The van der Waals surface area contributed by atoms with Crippen molar-refractivity contribution in [1.82, 2.24) is 0 Å². The van der Waals surface area contributed by atoms with Gasteiger partial charge in [-0.15, -0.1) is 0 Å². The van der Waals surface area contributed by atoms with Crippen molar-refractivity contribution in [2.24, 2.45) is 17.3 Å². The fraction of sp³-hybridized carbons (Fsp3) is 0.742. The van der Waals surface area contributed by atoms with Gasteiger partial charge in [0.1, 0.15) is 6.10 Å². The number of benzene rings is 1. The summed E-state index contributed by atoms with van der Waals surface area (Å²) in [5.41, 5.74) is 2.35. The van der Waals surface area contributed by atoms with E-state index in [1.54, 1.807) is 7.11 Å². The summed E-state index contributed by atoms with van der Waals surface area (Å²) in [6.07, 6.45) is 4.84. The molecule has 0 aromatic heterocycles. The third-order valence-corrected chi connectivity index (χ3v) is 11.1. The molecular weight excluding hydrogens is 482 g/mol. The third kappa shape index (κ3) is 3.84. The topological polar surface area (TPSA) is 91.6 Å². The number of hydrogen-bond acceptors (Lipinski definition) is 7. The van der Waals surface area contributed by atoms with Crippen molar-refractivity contribution >= 4 is 5.69 Å². The summed E-state index contributed by atoms with van der Waals surface area (Å²) in [4.78, 5) is 2.10. The Bertz CT molecular complexity index is 1080. The summed E-state index contributed by atoms with van der Waals surface area (Å²) in [7, 11) is 5.67. The molecule has 7 heteroatoms. The van der Waals surface area contributed by atoms with Crippen LogP contribution < -0.4 is 4.90 Å². The standard InChI is InChI=1S/C31H45NO6/c1-28-17-23(20-5-7-21(8-6-20)32(2)3)27-22(24(28)11-14-31(28,35)26(33)18-36-4)9-12-29(34)19-30(13-10-25(27)29)37-15-16-38-30/h5-8,22-24,26,33-35H,9-19H2,1-4H3/t22-,23+,24-,26+,28-,29+,31-/m0/s1. The van der Waals surface area contributed by atoms with E-state index in [2.05, 4.69) is 36.1 Å². The number of rotatable bonds is 5. The van der Waals surface area contributed by atoms with Crippen LogP contribution in [0.4, 0.5) is 5.69 Å². The first kappa shape index (κ1) is 26.7. The second kappa shape index (κ2) is 9.28. The van der Waals surface area contributed by atoms with Crippen LogP contribution in [0.1, 0.15) is 69.8 Å². The van der Waals surface area contributed by atoms with Gasteiger partial charge in [0.05, 0.1) is 31.0 Å². The van der Waals surface area contributed by atoms with Crippen molar-refractivity contribution in [3.63, 3.8) is 0 Å². The summed E-state index contributed by atoms with van der Waals surface area (Å²) < 4.78 is 17.4. The Balaban J connectivity index is 1.46. The molecule has 1 heterocycles. The number of methoxy groups -OCH3 is 1. The van der Waals surface area contributed by atoms with E-state index in [1.807, 2.05) is 14.1 Å². The lowest BCUT2D eigenvalue weighted by Crippen LogP contribution is -2.59. The average Bonchev–Trinajstić information content (AvgIpc) is 3.45. The van der Waals surface area contributed by atoms with E-state index in [1.165, 1.54) is 16.7 Å². The van der Waals surface area contributed by atoms with Crippen molar-refractivity contribution in [3.05, 3.63) is 41.0 Å². The molecule has 210 valence electrons. The summed E-state index contributed by atoms with van der Waals surface area (Å²) in [6.45, 7) is 3.51. The summed E-state index contributed by atoms with van der Waals surface area (Å²) >= 11 is 0. The average molecular weight is 528 g/mol. The lowest BCUT2D eigenvalue weighted by molar-refractivity contribution is -0.209. The predicted octanol–water partition coefficient (Wildman–Crippen LogP) is 3.76. The zero-order chi connectivity index (χ0) is 26.9. The second-order valence-electron chi connectivity index (χ2n) is 13.1. The highest BCUT2D eigenvalue weighted by atomic mass is 16.7. The summed E-state index contributed by atoms with van der Waals surface area (Å²) in [6, 6.07) is 8.76. The Morgan fingerprint density at radius 2 is 1.76 bits per heavy atom. The maximum atomic E-state index is 12.2. The number of anilines is 1. The first-order valence-corrected chi connectivity index (χ1v) is 14.5. The molecule has 0 radical (unpaired) electrons. The number of ether oxygens (including phenoxy) is 3. The van der Waals surface area contributed by atoms with E-state index >= 15 is 0 Å². The molecule has 38 heavy (non-hydrogen) atoms. The smallest absolute Gasteiger partial charge is 0.171 e. The van der Waals surface area contributed by atoms with Crippen LogP contribution in [0.15, 0.2) is 35.4 Å². The normalized spacial score (nSPS) is 40.6. The molecule has 0 amide bonds. The van der Waals surface area contributed by atoms with Crippen molar-refractivity contribution < 1.29 is 29.5 Å². The van der Waals surface area contributed by atoms with Gasteiger partial charge in [-0.2, -0.15) is 0 Å². The number of aliphatic hydroxyl groups excluding tert-OH is 1. The van der Waals surface area contributed by atoms with Gasteiger partial charge in [-0.05, 0) is 73.6 Å². The lowest BCUT2D eigenvalue weighted by Gasteiger charge is -2.58. The van der Waals surface area contributed by atoms with Gasteiger partial charge in [-0.1, -0.05) is 24.6 Å². The first-order chi connectivity index (χ1) is 18.1. The summed E-state index contributed by atoms with van der Waals surface area (Å²) in [5, 5.41) is 35.4. The molecule has 1 aliphatic heterocycles. The predicted molar refractivity (Wildman–Crippen MR) is 145 cm³/mol. The van der Waals surface area contributed by atoms with Gasteiger partial charge in [0.25, 0.3) is 0 Å². The van der Waals surface area contributed by atoms with Crippen molar-refractivity contribution in [2.45, 2.75) is 87.3 Å². The van der Waals surface area contributed by atoms with E-state index in [9.17, 15) is 15.3 Å². The highest BCUT2D eigenvalue weighted by Gasteiger charge is 2.66. The molecule has 1 spiro atoms. The molecule has 1 aromatic rings. The van der Waals surface area contributed by atoms with Gasteiger partial charge in [0.15, 0.2) is 5.79 Å². The molecule has 1 aromatic carbocycles. The van der Waals surface area contributed by atoms with Crippen LogP contribution in [0.3, 0.4) is 0 Å². The molecule has 0 unspecified atom stereocenters. The van der Waals surface area contributed by atoms with E-state index < -0.39 is 28.5 Å². The number of aliphatic hydroxyl groups is 3. The van der Waals surface area contributed by atoms with Crippen molar-refractivity contribution in [2.75, 3.05) is 45.9 Å². The number of nitrogens with zero attached hydrogens (tertiary/aromatic N) is 1. The Kier molecular flexibility index (Phi) is 6.53. The fourth-order valence-corrected chi connectivity index (χ4v) is 9.20. The van der Waals surface area contributed by atoms with Crippen molar-refractivity contribution in [1.29, 1.82) is 0 Å². The zero-order valence-electron chi connectivity index (χ0n) is 23.4. The van der Waals surface area contributed by atoms with Crippen LogP contribution in [-0.2, 0) is 14.2 Å². The van der Waals surface area contributed by atoms with Gasteiger partial charge in [0.2, 0.25) is 0 Å². The largest absolute Gasteiger partial charge is 0.388 e. The highest BCUT2D eigenvalue weighted by molar-refractivity contribution is 5.50. The van der Waals surface area contributed by atoms with Crippen LogP contribution in [0, 0.1) is 17.3 Å². The van der Waals surface area contributed by atoms with Gasteiger partial charge in [0, 0.05) is 51.1 Å². The number of allylic oxidation sites excluding steroid dienone is 1. The molecule has 7 atom stereocenters. The third-order valence-electron chi connectivity index (χ3n) is 11.1. The molecule has 4 aliphatic carbocycles. The van der Waals surface area contributed by atoms with Gasteiger partial charge < -0.3 is 34.4 Å². The molecule has 3 saturated carbocycles. The van der Waals surface area contributed by atoms with Gasteiger partial charge in [-0.3, -0.25) is 0 Å². The second-order valence-corrected chi connectivity index (χ2v) is 13.1. The number of hydrogen-bond donors (Lipinski definition) is 3. The number of fused-ring (bicyclic) bond motifs is 4. The molecule has 0 bridgehead atoms. The molecule has 5 aliphatic rings. The van der Waals surface area contributed by atoms with Crippen molar-refractivity contribution in [3.8, 4) is 0 Å². The molecular formula is C31H45NO6. The minimum absolute atomic E-state index is 0.0677. The van der Waals surface area contributed by atoms with E-state index in [0.717, 1.165) is 37.8 Å². The molecule has 1 saturated heterocycles. The Morgan fingerprint density at radius 1 is 1.05 bits per heavy atom. The zero-order valence-corrected chi connectivity index (χ0v) is 23.4. The Hall–Kier alpha value is -1.48. The van der Waals surface area contributed by atoms with E-state index in [4.69, 9.17) is 14.2 Å². The quantitative estimate of drug-likeness (QED) is 0.502. The SMILES string of the molecule is COC[C@@H](O)[C@@]1(O)CC[C@H]2[C@@H]3CC[C@@]4(O)CC5(CCC4=C3[C@@H](c3ccc(N(C)C)cc3)C[C@@]21C)OCCO5. The summed E-state index contributed by atoms with van der Waals surface area (Å²) in [5.74, 6) is -0.0719. The monoisotopic (exact) mass is 527 g/mol. The maximum Gasteiger partial charge on any atom is 0.171 e. The first-order valence-electron chi connectivity index (χ1n) is 14.5. The van der Waals surface area contributed by atoms with Crippen LogP contribution in [0.2, 0.25) is 0 Å². The molecule has 3 N–H and O–H groups in total. The van der Waals surface area contributed by atoms with Crippen LogP contribution in [-0.4, -0.2) is 79.4 Å². The fourth-order valence-electron chi connectivity index (χ4n) is 9.20.